The lowest BCUT2D eigenvalue weighted by atomic mass is 10.1. The SMILES string of the molecule is N#CCN1CCN(CC2CCOC2)CC1. The Labute approximate surface area is 91.4 Å². The Bertz CT molecular complexity index is 224. The third-order valence-electron chi connectivity index (χ3n) is 3.30. The van der Waals surface area contributed by atoms with Gasteiger partial charge in [-0.05, 0) is 12.3 Å². The summed E-state index contributed by atoms with van der Waals surface area (Å²) in [6, 6.07) is 2.21. The molecule has 2 aliphatic heterocycles. The molecule has 0 aromatic carbocycles. The van der Waals surface area contributed by atoms with Crippen LogP contribution in [0.4, 0.5) is 0 Å². The fraction of sp³-hybridized carbons (Fsp3) is 0.909. The average Bonchev–Trinajstić information content (AvgIpc) is 2.74. The van der Waals surface area contributed by atoms with Crippen LogP contribution in [0, 0.1) is 17.2 Å². The van der Waals surface area contributed by atoms with Gasteiger partial charge in [0.15, 0.2) is 0 Å². The largest absolute Gasteiger partial charge is 0.381 e. The molecule has 4 nitrogen and oxygen atoms in total. The minimum Gasteiger partial charge on any atom is -0.381 e. The van der Waals surface area contributed by atoms with Crippen molar-refractivity contribution in [1.29, 1.82) is 5.26 Å². The summed E-state index contributed by atoms with van der Waals surface area (Å²) in [5.74, 6) is 0.743. The second kappa shape index (κ2) is 5.45. The van der Waals surface area contributed by atoms with Crippen molar-refractivity contribution in [3.8, 4) is 6.07 Å². The zero-order chi connectivity index (χ0) is 10.5. The van der Waals surface area contributed by atoms with Crippen LogP contribution in [-0.4, -0.2) is 62.3 Å². The molecule has 0 radical (unpaired) electrons. The second-order valence-electron chi connectivity index (χ2n) is 4.46. The molecule has 1 unspecified atom stereocenters. The van der Waals surface area contributed by atoms with Crippen molar-refractivity contribution < 1.29 is 4.74 Å². The van der Waals surface area contributed by atoms with E-state index >= 15 is 0 Å². The first-order valence-electron chi connectivity index (χ1n) is 5.78. The first kappa shape index (κ1) is 10.9. The third kappa shape index (κ3) is 3.16. The van der Waals surface area contributed by atoms with E-state index in [4.69, 9.17) is 10.00 Å². The Morgan fingerprint density at radius 3 is 2.53 bits per heavy atom. The Morgan fingerprint density at radius 1 is 1.20 bits per heavy atom. The maximum absolute atomic E-state index is 8.59. The molecule has 2 heterocycles. The molecule has 2 aliphatic rings. The van der Waals surface area contributed by atoms with Crippen molar-refractivity contribution in [2.24, 2.45) is 5.92 Å². The van der Waals surface area contributed by atoms with Crippen LogP contribution in [0.15, 0.2) is 0 Å². The van der Waals surface area contributed by atoms with E-state index in [1.54, 1.807) is 0 Å². The Hall–Kier alpha value is -0.630. The summed E-state index contributed by atoms with van der Waals surface area (Å²) < 4.78 is 5.38. The van der Waals surface area contributed by atoms with Gasteiger partial charge in [-0.25, -0.2) is 0 Å². The van der Waals surface area contributed by atoms with Gasteiger partial charge in [0.1, 0.15) is 0 Å². The van der Waals surface area contributed by atoms with E-state index < -0.39 is 0 Å². The van der Waals surface area contributed by atoms with Crippen LogP contribution >= 0.6 is 0 Å². The number of ether oxygens (including phenoxy) is 1. The van der Waals surface area contributed by atoms with Gasteiger partial charge in [-0.15, -0.1) is 0 Å². The Balaban J connectivity index is 1.67. The highest BCUT2D eigenvalue weighted by atomic mass is 16.5. The molecule has 0 aromatic rings. The van der Waals surface area contributed by atoms with Crippen LogP contribution in [-0.2, 0) is 4.74 Å². The van der Waals surface area contributed by atoms with Gasteiger partial charge >= 0.3 is 0 Å². The van der Waals surface area contributed by atoms with E-state index in [-0.39, 0.29) is 0 Å². The molecule has 4 heteroatoms. The minimum atomic E-state index is 0.584. The van der Waals surface area contributed by atoms with E-state index in [1.807, 2.05) is 0 Å². The lowest BCUT2D eigenvalue weighted by Crippen LogP contribution is -2.47. The first-order chi connectivity index (χ1) is 7.38. The number of nitriles is 1. The normalized spacial score (nSPS) is 29.1. The van der Waals surface area contributed by atoms with Crippen LogP contribution in [0.1, 0.15) is 6.42 Å². The molecule has 0 N–H and O–H groups in total. The molecule has 1 atom stereocenters. The van der Waals surface area contributed by atoms with Gasteiger partial charge in [-0.1, -0.05) is 0 Å². The van der Waals surface area contributed by atoms with Crippen molar-refractivity contribution in [2.45, 2.75) is 6.42 Å². The van der Waals surface area contributed by atoms with Gasteiger partial charge in [-0.3, -0.25) is 4.90 Å². The fourth-order valence-corrected chi connectivity index (χ4v) is 2.32. The monoisotopic (exact) mass is 209 g/mol. The lowest BCUT2D eigenvalue weighted by Gasteiger charge is -2.34. The maximum Gasteiger partial charge on any atom is 0.0866 e. The predicted molar refractivity (Wildman–Crippen MR) is 57.4 cm³/mol. The van der Waals surface area contributed by atoms with Crippen LogP contribution < -0.4 is 0 Å². The maximum atomic E-state index is 8.59. The summed E-state index contributed by atoms with van der Waals surface area (Å²) in [5, 5.41) is 8.59. The zero-order valence-corrected chi connectivity index (χ0v) is 9.19. The number of rotatable bonds is 3. The smallest absolute Gasteiger partial charge is 0.0866 e. The summed E-state index contributed by atoms with van der Waals surface area (Å²) in [5.41, 5.74) is 0. The predicted octanol–water partition coefficient (Wildman–Crippen LogP) is 0.164. The van der Waals surface area contributed by atoms with Gasteiger partial charge in [0.05, 0.1) is 19.2 Å². The Morgan fingerprint density at radius 2 is 1.93 bits per heavy atom. The van der Waals surface area contributed by atoms with Gasteiger partial charge < -0.3 is 9.64 Å². The van der Waals surface area contributed by atoms with Crippen molar-refractivity contribution in [2.75, 3.05) is 52.5 Å². The first-order valence-corrected chi connectivity index (χ1v) is 5.78. The van der Waals surface area contributed by atoms with Gasteiger partial charge in [0.25, 0.3) is 0 Å². The fourth-order valence-electron chi connectivity index (χ4n) is 2.32. The number of piperazine rings is 1. The molecule has 0 saturated carbocycles. The molecule has 2 saturated heterocycles. The van der Waals surface area contributed by atoms with Crippen molar-refractivity contribution >= 4 is 0 Å². The molecular formula is C11H19N3O. The van der Waals surface area contributed by atoms with Crippen LogP contribution in [0.3, 0.4) is 0 Å². The van der Waals surface area contributed by atoms with Gasteiger partial charge in [-0.2, -0.15) is 5.26 Å². The molecule has 15 heavy (non-hydrogen) atoms. The van der Waals surface area contributed by atoms with Crippen molar-refractivity contribution in [3.63, 3.8) is 0 Å². The van der Waals surface area contributed by atoms with E-state index in [2.05, 4.69) is 15.9 Å². The third-order valence-corrected chi connectivity index (χ3v) is 3.30. The number of hydrogen-bond acceptors (Lipinski definition) is 4. The van der Waals surface area contributed by atoms with E-state index in [9.17, 15) is 0 Å². The minimum absolute atomic E-state index is 0.584. The number of nitrogens with zero attached hydrogens (tertiary/aromatic N) is 3. The summed E-state index contributed by atoms with van der Waals surface area (Å²) in [6.45, 7) is 7.96. The summed E-state index contributed by atoms with van der Waals surface area (Å²) in [6.07, 6.45) is 1.22. The zero-order valence-electron chi connectivity index (χ0n) is 9.19. The molecule has 0 aliphatic carbocycles. The van der Waals surface area contributed by atoms with E-state index in [0.29, 0.717) is 6.54 Å². The highest BCUT2D eigenvalue weighted by molar-refractivity contribution is 4.82. The average molecular weight is 209 g/mol. The molecule has 0 amide bonds. The van der Waals surface area contributed by atoms with Crippen molar-refractivity contribution in [3.05, 3.63) is 0 Å². The summed E-state index contributed by atoms with van der Waals surface area (Å²) >= 11 is 0. The molecule has 2 rings (SSSR count). The van der Waals surface area contributed by atoms with Crippen molar-refractivity contribution in [1.82, 2.24) is 9.80 Å². The number of hydrogen-bond donors (Lipinski definition) is 0. The molecule has 0 aromatic heterocycles. The highest BCUT2D eigenvalue weighted by Gasteiger charge is 2.22. The summed E-state index contributed by atoms with van der Waals surface area (Å²) in [4.78, 5) is 4.73. The van der Waals surface area contributed by atoms with E-state index in [0.717, 1.165) is 45.3 Å². The van der Waals surface area contributed by atoms with Crippen LogP contribution in [0.2, 0.25) is 0 Å². The lowest BCUT2D eigenvalue weighted by molar-refractivity contribution is 0.118. The molecule has 84 valence electrons. The van der Waals surface area contributed by atoms with Crippen LogP contribution in [0.25, 0.3) is 0 Å². The standard InChI is InChI=1S/C11H19N3O/c12-2-3-13-4-6-14(7-5-13)9-11-1-8-15-10-11/h11H,1,3-10H2. The van der Waals surface area contributed by atoms with Gasteiger partial charge in [0, 0.05) is 39.3 Å². The topological polar surface area (TPSA) is 39.5 Å². The van der Waals surface area contributed by atoms with Crippen LogP contribution in [0.5, 0.6) is 0 Å². The Kier molecular flexibility index (Phi) is 3.95. The highest BCUT2D eigenvalue weighted by Crippen LogP contribution is 2.14. The van der Waals surface area contributed by atoms with E-state index in [1.165, 1.54) is 13.0 Å². The molecule has 0 spiro atoms. The quantitative estimate of drug-likeness (QED) is 0.621. The second-order valence-corrected chi connectivity index (χ2v) is 4.46. The molecular weight excluding hydrogens is 190 g/mol. The summed E-state index contributed by atoms with van der Waals surface area (Å²) in [7, 11) is 0. The molecule has 0 bridgehead atoms. The molecule has 2 fully saturated rings. The van der Waals surface area contributed by atoms with Gasteiger partial charge in [0.2, 0.25) is 0 Å².